The number of ketones is 1. The van der Waals surface area contributed by atoms with Crippen LogP contribution in [0.15, 0.2) is 48.5 Å². The topological polar surface area (TPSA) is 148 Å². The number of nitrogens with one attached hydrogen (secondary N) is 2. The molecule has 0 saturated heterocycles. The van der Waals surface area contributed by atoms with Crippen molar-refractivity contribution >= 4 is 58.6 Å². The highest BCUT2D eigenvalue weighted by Gasteiger charge is 2.32. The third-order valence-electron chi connectivity index (χ3n) is 4.71. The lowest BCUT2D eigenvalue weighted by Gasteiger charge is -2.23. The molecule has 0 aliphatic carbocycles. The second kappa shape index (κ2) is 13.5. The Morgan fingerprint density at radius 2 is 1.56 bits per heavy atom. The fraction of sp³-hybridized carbons (Fsp3) is 0.292. The summed E-state index contributed by atoms with van der Waals surface area (Å²) in [4.78, 5) is 61.3. The summed E-state index contributed by atoms with van der Waals surface area (Å²) < 4.78 is 10.1. The first kappa shape index (κ1) is 28.6. The van der Waals surface area contributed by atoms with E-state index in [2.05, 4.69) is 10.6 Å². The molecule has 0 saturated carbocycles. The number of halogens is 2. The zero-order valence-electron chi connectivity index (χ0n) is 19.3. The Morgan fingerprint density at radius 3 is 2.11 bits per heavy atom. The number of esters is 1. The third kappa shape index (κ3) is 8.54. The van der Waals surface area contributed by atoms with Crippen LogP contribution in [0.2, 0.25) is 10.0 Å². The number of hydrogen-bond acceptors (Lipinski definition) is 7. The number of carbonyl (C=O) groups is 5. The van der Waals surface area contributed by atoms with E-state index in [4.69, 9.17) is 32.7 Å². The molecule has 2 aromatic rings. The second-order valence-corrected chi connectivity index (χ2v) is 8.67. The van der Waals surface area contributed by atoms with Gasteiger partial charge < -0.3 is 19.9 Å². The lowest BCUT2D eigenvalue weighted by atomic mass is 10.0. The number of carbonyl (C=O) groups excluding carboxylic acids is 4. The molecule has 192 valence electrons. The van der Waals surface area contributed by atoms with Crippen LogP contribution in [0.25, 0.3) is 0 Å². The standard InChI is InChI=1S/C24H24Cl2N2O8/c1-13(2)21(36-24(34)27-14-7-4-3-5-8-14)22(32)28-17(11-19(30)31)18(29)12-35-23(33)20-15(25)9-6-10-16(20)26/h3-10,13,17,21H,11-12H2,1-2H3,(H,27,34)(H,28,32)(H,30,31)/t17?,21-/m0/s1. The average molecular weight is 539 g/mol. The maximum atomic E-state index is 12.8. The maximum absolute atomic E-state index is 12.8. The van der Waals surface area contributed by atoms with Gasteiger partial charge in [-0.25, -0.2) is 9.59 Å². The molecule has 2 aromatic carbocycles. The van der Waals surface area contributed by atoms with Crippen LogP contribution in [0, 0.1) is 5.92 Å². The summed E-state index contributed by atoms with van der Waals surface area (Å²) in [6.07, 6.45) is -3.06. The lowest BCUT2D eigenvalue weighted by molar-refractivity contribution is -0.142. The molecule has 10 nitrogen and oxygen atoms in total. The van der Waals surface area contributed by atoms with E-state index in [-0.39, 0.29) is 15.6 Å². The Labute approximate surface area is 216 Å². The predicted molar refractivity (Wildman–Crippen MR) is 131 cm³/mol. The van der Waals surface area contributed by atoms with Crippen LogP contribution in [0.5, 0.6) is 0 Å². The van der Waals surface area contributed by atoms with Crippen LogP contribution in [0.3, 0.4) is 0 Å². The molecule has 0 fully saturated rings. The quantitative estimate of drug-likeness (QED) is 0.364. The van der Waals surface area contributed by atoms with E-state index in [0.29, 0.717) is 5.69 Å². The Hall–Kier alpha value is -3.63. The fourth-order valence-corrected chi connectivity index (χ4v) is 3.50. The summed E-state index contributed by atoms with van der Waals surface area (Å²) in [5.41, 5.74) is 0.273. The minimum Gasteiger partial charge on any atom is -0.481 e. The molecule has 12 heteroatoms. The van der Waals surface area contributed by atoms with Crippen molar-refractivity contribution in [2.24, 2.45) is 5.92 Å². The number of Topliss-reactive ketones (excluding diaryl/α,β-unsaturated/α-hetero) is 1. The van der Waals surface area contributed by atoms with E-state index in [1.165, 1.54) is 18.2 Å². The van der Waals surface area contributed by atoms with Gasteiger partial charge in [0.2, 0.25) is 0 Å². The Kier molecular flexibility index (Phi) is 10.7. The van der Waals surface area contributed by atoms with Gasteiger partial charge in [0.15, 0.2) is 18.5 Å². The highest BCUT2D eigenvalue weighted by molar-refractivity contribution is 6.39. The molecule has 2 amide bonds. The van der Waals surface area contributed by atoms with Gasteiger partial charge in [0, 0.05) is 5.69 Å². The Morgan fingerprint density at radius 1 is 0.944 bits per heavy atom. The molecule has 0 bridgehead atoms. The van der Waals surface area contributed by atoms with Crippen LogP contribution in [-0.2, 0) is 23.9 Å². The van der Waals surface area contributed by atoms with Crippen molar-refractivity contribution in [2.45, 2.75) is 32.4 Å². The molecule has 0 radical (unpaired) electrons. The normalized spacial score (nSPS) is 12.2. The van der Waals surface area contributed by atoms with Gasteiger partial charge in [-0.15, -0.1) is 0 Å². The Bertz CT molecular complexity index is 1100. The summed E-state index contributed by atoms with van der Waals surface area (Å²) in [7, 11) is 0. The van der Waals surface area contributed by atoms with Gasteiger partial charge in [-0.2, -0.15) is 0 Å². The molecule has 1 unspecified atom stereocenters. The van der Waals surface area contributed by atoms with Gasteiger partial charge in [-0.05, 0) is 30.2 Å². The summed E-state index contributed by atoms with van der Waals surface area (Å²) in [5.74, 6) is -4.71. The van der Waals surface area contributed by atoms with Crippen molar-refractivity contribution < 1.29 is 38.6 Å². The Balaban J connectivity index is 2.06. The molecule has 0 aliphatic heterocycles. The number of hydrogen-bond donors (Lipinski definition) is 3. The van der Waals surface area contributed by atoms with Gasteiger partial charge in [-0.1, -0.05) is 61.3 Å². The molecular formula is C24H24Cl2N2O8. The van der Waals surface area contributed by atoms with E-state index in [1.54, 1.807) is 44.2 Å². The smallest absolute Gasteiger partial charge is 0.412 e. The SMILES string of the molecule is CC(C)[C@H](OC(=O)Nc1ccccc1)C(=O)NC(CC(=O)O)C(=O)COC(=O)c1c(Cl)cccc1Cl. The highest BCUT2D eigenvalue weighted by atomic mass is 35.5. The van der Waals surface area contributed by atoms with E-state index in [9.17, 15) is 29.1 Å². The van der Waals surface area contributed by atoms with Crippen LogP contribution in [0.1, 0.15) is 30.6 Å². The molecule has 0 aliphatic rings. The zero-order chi connectivity index (χ0) is 26.8. The number of anilines is 1. The molecular weight excluding hydrogens is 515 g/mol. The highest BCUT2D eigenvalue weighted by Crippen LogP contribution is 2.25. The van der Waals surface area contributed by atoms with Crippen molar-refractivity contribution in [1.29, 1.82) is 0 Å². The molecule has 0 aromatic heterocycles. The molecule has 0 spiro atoms. The molecule has 36 heavy (non-hydrogen) atoms. The van der Waals surface area contributed by atoms with Gasteiger partial charge in [-0.3, -0.25) is 19.7 Å². The average Bonchev–Trinajstić information content (AvgIpc) is 2.80. The van der Waals surface area contributed by atoms with Gasteiger partial charge in [0.25, 0.3) is 5.91 Å². The number of aliphatic carboxylic acids is 1. The van der Waals surface area contributed by atoms with Crippen molar-refractivity contribution in [1.82, 2.24) is 5.32 Å². The first-order valence-corrected chi connectivity index (χ1v) is 11.4. The number of carboxylic acid groups (broad SMARTS) is 1. The monoisotopic (exact) mass is 538 g/mol. The van der Waals surface area contributed by atoms with Gasteiger partial charge in [0.1, 0.15) is 6.04 Å². The number of ether oxygens (including phenoxy) is 2. The maximum Gasteiger partial charge on any atom is 0.412 e. The van der Waals surface area contributed by atoms with Crippen molar-refractivity contribution in [3.63, 3.8) is 0 Å². The lowest BCUT2D eigenvalue weighted by Crippen LogP contribution is -2.50. The number of rotatable bonds is 11. The molecule has 0 heterocycles. The number of benzene rings is 2. The number of carboxylic acids is 1. The van der Waals surface area contributed by atoms with Crippen LogP contribution < -0.4 is 10.6 Å². The van der Waals surface area contributed by atoms with Crippen LogP contribution >= 0.6 is 23.2 Å². The zero-order valence-corrected chi connectivity index (χ0v) is 20.8. The summed E-state index contributed by atoms with van der Waals surface area (Å²) in [5, 5.41) is 13.9. The van der Waals surface area contributed by atoms with E-state index < -0.39 is 60.8 Å². The first-order valence-electron chi connectivity index (χ1n) is 10.7. The molecule has 2 rings (SSSR count). The minimum absolute atomic E-state index is 0.000964. The van der Waals surface area contributed by atoms with Gasteiger partial charge >= 0.3 is 18.0 Å². The van der Waals surface area contributed by atoms with Gasteiger partial charge in [0.05, 0.1) is 22.0 Å². The van der Waals surface area contributed by atoms with E-state index in [1.807, 2.05) is 0 Å². The predicted octanol–water partition coefficient (Wildman–Crippen LogP) is 3.95. The largest absolute Gasteiger partial charge is 0.481 e. The molecule has 2 atom stereocenters. The number of para-hydroxylation sites is 1. The van der Waals surface area contributed by atoms with Crippen molar-refractivity contribution in [2.75, 3.05) is 11.9 Å². The molecule has 3 N–H and O–H groups in total. The summed E-state index contributed by atoms with van der Waals surface area (Å²) >= 11 is 11.9. The number of amides is 2. The fourth-order valence-electron chi connectivity index (χ4n) is 2.95. The van der Waals surface area contributed by atoms with Crippen LogP contribution in [-0.4, -0.2) is 53.6 Å². The summed E-state index contributed by atoms with van der Waals surface area (Å²) in [6.45, 7) is 2.34. The third-order valence-corrected chi connectivity index (χ3v) is 5.34. The first-order chi connectivity index (χ1) is 17.0. The van der Waals surface area contributed by atoms with E-state index >= 15 is 0 Å². The van der Waals surface area contributed by atoms with Crippen molar-refractivity contribution in [3.8, 4) is 0 Å². The second-order valence-electron chi connectivity index (χ2n) is 7.86. The summed E-state index contributed by atoms with van der Waals surface area (Å²) in [6, 6.07) is 11.1. The van der Waals surface area contributed by atoms with E-state index in [0.717, 1.165) is 0 Å². The minimum atomic E-state index is -1.56. The van der Waals surface area contributed by atoms with Crippen LogP contribution in [0.4, 0.5) is 10.5 Å². The van der Waals surface area contributed by atoms with Crippen molar-refractivity contribution in [3.05, 3.63) is 64.1 Å².